The molecule has 5 nitrogen and oxygen atoms in total. The SMILES string of the molecule is CCCOc1ccc(N2CCC(Oc3ccc([C@H](C)NC(C)=O)cc3)C2)c(C)c1. The summed E-state index contributed by atoms with van der Waals surface area (Å²) in [6, 6.07) is 14.3. The molecule has 0 saturated carbocycles. The van der Waals surface area contributed by atoms with Crippen LogP contribution in [-0.4, -0.2) is 31.7 Å². The van der Waals surface area contributed by atoms with Crippen molar-refractivity contribution in [1.29, 1.82) is 0 Å². The molecule has 1 unspecified atom stereocenters. The highest BCUT2D eigenvalue weighted by molar-refractivity contribution is 5.73. The summed E-state index contributed by atoms with van der Waals surface area (Å²) in [7, 11) is 0. The molecule has 5 heteroatoms. The van der Waals surface area contributed by atoms with Crippen molar-refractivity contribution in [3.05, 3.63) is 53.6 Å². The second kappa shape index (κ2) is 9.68. The molecule has 2 aromatic carbocycles. The van der Waals surface area contributed by atoms with E-state index in [0.717, 1.165) is 49.6 Å². The van der Waals surface area contributed by atoms with E-state index in [1.165, 1.54) is 18.2 Å². The second-order valence-electron chi connectivity index (χ2n) is 7.76. The van der Waals surface area contributed by atoms with Crippen LogP contribution in [0, 0.1) is 6.92 Å². The highest BCUT2D eigenvalue weighted by atomic mass is 16.5. The van der Waals surface area contributed by atoms with Crippen molar-refractivity contribution in [3.8, 4) is 11.5 Å². The van der Waals surface area contributed by atoms with Crippen LogP contribution in [0.1, 0.15) is 50.8 Å². The maximum absolute atomic E-state index is 11.2. The monoisotopic (exact) mass is 396 g/mol. The summed E-state index contributed by atoms with van der Waals surface area (Å²) >= 11 is 0. The van der Waals surface area contributed by atoms with Gasteiger partial charge in [0, 0.05) is 25.6 Å². The number of anilines is 1. The zero-order chi connectivity index (χ0) is 20.8. The lowest BCUT2D eigenvalue weighted by Crippen LogP contribution is -2.25. The Morgan fingerprint density at radius 1 is 1.21 bits per heavy atom. The summed E-state index contributed by atoms with van der Waals surface area (Å²) in [6.45, 7) is 10.4. The fourth-order valence-electron chi connectivity index (χ4n) is 3.75. The van der Waals surface area contributed by atoms with Crippen molar-refractivity contribution in [1.82, 2.24) is 5.32 Å². The summed E-state index contributed by atoms with van der Waals surface area (Å²) < 4.78 is 11.9. The Morgan fingerprint density at radius 3 is 2.59 bits per heavy atom. The predicted molar refractivity (Wildman–Crippen MR) is 117 cm³/mol. The number of nitrogens with zero attached hydrogens (tertiary/aromatic N) is 1. The normalized spacial score (nSPS) is 17.1. The number of amides is 1. The van der Waals surface area contributed by atoms with E-state index in [1.807, 2.05) is 31.2 Å². The molecule has 156 valence electrons. The molecule has 0 bridgehead atoms. The average Bonchev–Trinajstić information content (AvgIpc) is 3.14. The Balaban J connectivity index is 1.56. The molecule has 29 heavy (non-hydrogen) atoms. The van der Waals surface area contributed by atoms with Crippen molar-refractivity contribution < 1.29 is 14.3 Å². The summed E-state index contributed by atoms with van der Waals surface area (Å²) in [5.74, 6) is 1.79. The fraction of sp³-hybridized carbons (Fsp3) is 0.458. The maximum Gasteiger partial charge on any atom is 0.217 e. The van der Waals surface area contributed by atoms with E-state index in [4.69, 9.17) is 9.47 Å². The van der Waals surface area contributed by atoms with Gasteiger partial charge in [0.15, 0.2) is 0 Å². The fourth-order valence-corrected chi connectivity index (χ4v) is 3.75. The third-order valence-electron chi connectivity index (χ3n) is 5.23. The third-order valence-corrected chi connectivity index (χ3v) is 5.23. The van der Waals surface area contributed by atoms with Crippen LogP contribution in [0.3, 0.4) is 0 Å². The Hall–Kier alpha value is -2.69. The minimum atomic E-state index is -0.0240. The number of benzene rings is 2. The van der Waals surface area contributed by atoms with Gasteiger partial charge in [0.05, 0.1) is 19.2 Å². The molecule has 1 N–H and O–H groups in total. The van der Waals surface area contributed by atoms with Crippen LogP contribution in [-0.2, 0) is 4.79 Å². The third kappa shape index (κ3) is 5.66. The summed E-state index contributed by atoms with van der Waals surface area (Å²) in [5, 5.41) is 2.90. The molecule has 0 radical (unpaired) electrons. The van der Waals surface area contributed by atoms with Crippen molar-refractivity contribution >= 4 is 11.6 Å². The van der Waals surface area contributed by atoms with Gasteiger partial charge in [0.1, 0.15) is 17.6 Å². The van der Waals surface area contributed by atoms with Crippen LogP contribution in [0.5, 0.6) is 11.5 Å². The van der Waals surface area contributed by atoms with Gasteiger partial charge in [-0.2, -0.15) is 0 Å². The largest absolute Gasteiger partial charge is 0.494 e. The van der Waals surface area contributed by atoms with Crippen LogP contribution in [0.2, 0.25) is 0 Å². The van der Waals surface area contributed by atoms with Gasteiger partial charge in [-0.25, -0.2) is 0 Å². The van der Waals surface area contributed by atoms with Gasteiger partial charge >= 0.3 is 0 Å². The molecule has 1 aliphatic heterocycles. The lowest BCUT2D eigenvalue weighted by atomic mass is 10.1. The number of carbonyl (C=O) groups excluding carboxylic acids is 1. The van der Waals surface area contributed by atoms with Crippen LogP contribution in [0.4, 0.5) is 5.69 Å². The Bertz CT molecular complexity index is 819. The maximum atomic E-state index is 11.2. The van der Waals surface area contributed by atoms with Gasteiger partial charge in [0.2, 0.25) is 5.91 Å². The van der Waals surface area contributed by atoms with E-state index < -0.39 is 0 Å². The molecule has 2 atom stereocenters. The Labute approximate surface area is 174 Å². The van der Waals surface area contributed by atoms with Gasteiger partial charge in [-0.15, -0.1) is 0 Å². The summed E-state index contributed by atoms with van der Waals surface area (Å²) in [4.78, 5) is 13.6. The van der Waals surface area contributed by atoms with Gasteiger partial charge in [0.25, 0.3) is 0 Å². The number of nitrogens with one attached hydrogen (secondary N) is 1. The first-order valence-corrected chi connectivity index (χ1v) is 10.5. The first kappa shape index (κ1) is 21.0. The Kier molecular flexibility index (Phi) is 7.02. The highest BCUT2D eigenvalue weighted by Crippen LogP contribution is 2.29. The van der Waals surface area contributed by atoms with E-state index in [1.54, 1.807) is 0 Å². The number of carbonyl (C=O) groups is 1. The number of rotatable bonds is 8. The number of ether oxygens (including phenoxy) is 2. The van der Waals surface area contributed by atoms with Gasteiger partial charge < -0.3 is 19.7 Å². The van der Waals surface area contributed by atoms with E-state index in [9.17, 15) is 4.79 Å². The standard InChI is InChI=1S/C24H32N2O3/c1-5-14-28-22-10-11-24(17(2)15-22)26-13-12-23(16-26)29-21-8-6-20(7-9-21)18(3)25-19(4)27/h6-11,15,18,23H,5,12-14,16H2,1-4H3,(H,25,27)/t18-,23?/m0/s1. The van der Waals surface area contributed by atoms with E-state index in [0.29, 0.717) is 0 Å². The number of aryl methyl sites for hydroxylation is 1. The molecule has 1 aliphatic rings. The predicted octanol–water partition coefficient (Wildman–Crippen LogP) is 4.64. The molecule has 0 spiro atoms. The van der Waals surface area contributed by atoms with Gasteiger partial charge in [-0.05, 0) is 61.7 Å². The molecule has 1 amide bonds. The van der Waals surface area contributed by atoms with Crippen molar-refractivity contribution in [2.75, 3.05) is 24.6 Å². The van der Waals surface area contributed by atoms with E-state index >= 15 is 0 Å². The first-order chi connectivity index (χ1) is 14.0. The zero-order valence-corrected chi connectivity index (χ0v) is 17.9. The average molecular weight is 397 g/mol. The lowest BCUT2D eigenvalue weighted by molar-refractivity contribution is -0.119. The highest BCUT2D eigenvalue weighted by Gasteiger charge is 2.25. The zero-order valence-electron chi connectivity index (χ0n) is 17.9. The Morgan fingerprint density at radius 2 is 1.93 bits per heavy atom. The quantitative estimate of drug-likeness (QED) is 0.706. The summed E-state index contributed by atoms with van der Waals surface area (Å²) in [5.41, 5.74) is 3.55. The smallest absolute Gasteiger partial charge is 0.217 e. The first-order valence-electron chi connectivity index (χ1n) is 10.5. The van der Waals surface area contributed by atoms with Crippen LogP contribution >= 0.6 is 0 Å². The second-order valence-corrected chi connectivity index (χ2v) is 7.76. The molecule has 3 rings (SSSR count). The molecule has 0 aliphatic carbocycles. The lowest BCUT2D eigenvalue weighted by Gasteiger charge is -2.22. The van der Waals surface area contributed by atoms with Crippen molar-refractivity contribution in [3.63, 3.8) is 0 Å². The van der Waals surface area contributed by atoms with E-state index in [2.05, 4.69) is 42.3 Å². The minimum absolute atomic E-state index is 0.00391. The minimum Gasteiger partial charge on any atom is -0.494 e. The molecule has 0 aromatic heterocycles. The molecular weight excluding hydrogens is 364 g/mol. The van der Waals surface area contributed by atoms with E-state index in [-0.39, 0.29) is 18.1 Å². The molecule has 2 aromatic rings. The van der Waals surface area contributed by atoms with Gasteiger partial charge in [-0.1, -0.05) is 19.1 Å². The number of hydrogen-bond acceptors (Lipinski definition) is 4. The van der Waals surface area contributed by atoms with Gasteiger partial charge in [-0.3, -0.25) is 4.79 Å². The molecule has 1 heterocycles. The van der Waals surface area contributed by atoms with Crippen LogP contribution < -0.4 is 19.7 Å². The molecule has 1 saturated heterocycles. The van der Waals surface area contributed by atoms with Crippen LogP contribution in [0.15, 0.2) is 42.5 Å². The van der Waals surface area contributed by atoms with Crippen molar-refractivity contribution in [2.24, 2.45) is 0 Å². The molecular formula is C24H32N2O3. The van der Waals surface area contributed by atoms with Crippen LogP contribution in [0.25, 0.3) is 0 Å². The summed E-state index contributed by atoms with van der Waals surface area (Å²) in [6.07, 6.45) is 2.18. The van der Waals surface area contributed by atoms with Crippen molar-refractivity contribution in [2.45, 2.75) is 52.7 Å². The number of hydrogen-bond donors (Lipinski definition) is 1. The topological polar surface area (TPSA) is 50.8 Å². The molecule has 1 fully saturated rings.